The van der Waals surface area contributed by atoms with Crippen LogP contribution in [0.25, 0.3) is 23.4 Å². The number of fused-ring (bicyclic) bond motifs is 1. The number of pyridine rings is 1. The number of hydrogen-bond donors (Lipinski definition) is 2. The van der Waals surface area contributed by atoms with Gasteiger partial charge in [0.25, 0.3) is 5.91 Å². The third kappa shape index (κ3) is 3.94. The Morgan fingerprint density at radius 1 is 1.00 bits per heavy atom. The molecule has 4 rings (SSSR count). The average molecular weight is 402 g/mol. The zero-order chi connectivity index (χ0) is 21.3. The second-order valence-corrected chi connectivity index (χ2v) is 7.92. The monoisotopic (exact) mass is 401 g/mol. The zero-order valence-corrected chi connectivity index (χ0v) is 17.9. The summed E-state index contributed by atoms with van der Waals surface area (Å²) in [6.07, 6.45) is 6.75. The Bertz CT molecular complexity index is 1110. The first kappa shape index (κ1) is 19.8. The van der Waals surface area contributed by atoms with Crippen LogP contribution in [0.3, 0.4) is 0 Å². The van der Waals surface area contributed by atoms with Gasteiger partial charge in [-0.25, -0.2) is 0 Å². The zero-order valence-electron chi connectivity index (χ0n) is 17.9. The molecule has 0 bridgehead atoms. The summed E-state index contributed by atoms with van der Waals surface area (Å²) in [5.74, 6) is -0.00897. The molecule has 0 atom stereocenters. The van der Waals surface area contributed by atoms with E-state index in [0.717, 1.165) is 51.6 Å². The highest BCUT2D eigenvalue weighted by Gasteiger charge is 2.19. The highest BCUT2D eigenvalue weighted by molar-refractivity contribution is 5.97. The lowest BCUT2D eigenvalue weighted by Gasteiger charge is -2.20. The fraction of sp³-hybridized carbons (Fsp3) is 0.250. The Kier molecular flexibility index (Phi) is 5.31. The van der Waals surface area contributed by atoms with E-state index in [4.69, 9.17) is 0 Å². The molecular formula is C24H27N5O. The summed E-state index contributed by atoms with van der Waals surface area (Å²) in [7, 11) is 8.19. The first-order valence-corrected chi connectivity index (χ1v) is 10.1. The van der Waals surface area contributed by atoms with Crippen LogP contribution in [0, 0.1) is 0 Å². The van der Waals surface area contributed by atoms with E-state index in [2.05, 4.69) is 49.4 Å². The molecule has 1 aliphatic rings. The maximum atomic E-state index is 12.0. The van der Waals surface area contributed by atoms with Crippen molar-refractivity contribution in [3.63, 3.8) is 0 Å². The standard InChI is InChI=1S/C24H27N5O/c1-28(2)19-8-6-16(23(14-19)29(3)4)5-7-18-13-17(9-11-25-18)22-15-20-21(27-22)10-12-26-24(20)30/h5-9,11,13-15,27H,10,12H2,1-4H3,(H,26,30). The molecule has 0 spiro atoms. The molecule has 30 heavy (non-hydrogen) atoms. The number of amides is 1. The molecule has 0 unspecified atom stereocenters. The van der Waals surface area contributed by atoms with Crippen molar-refractivity contribution < 1.29 is 4.79 Å². The summed E-state index contributed by atoms with van der Waals surface area (Å²) >= 11 is 0. The highest BCUT2D eigenvalue weighted by atomic mass is 16.1. The van der Waals surface area contributed by atoms with Gasteiger partial charge in [-0.2, -0.15) is 0 Å². The Hall–Kier alpha value is -3.54. The Labute approximate surface area is 177 Å². The quantitative estimate of drug-likeness (QED) is 0.685. The molecule has 0 aliphatic carbocycles. The van der Waals surface area contributed by atoms with E-state index < -0.39 is 0 Å². The smallest absolute Gasteiger partial charge is 0.253 e. The Morgan fingerprint density at radius 3 is 2.57 bits per heavy atom. The molecule has 0 fully saturated rings. The van der Waals surface area contributed by atoms with Crippen LogP contribution in [0.15, 0.2) is 42.6 Å². The van der Waals surface area contributed by atoms with Crippen LogP contribution >= 0.6 is 0 Å². The summed E-state index contributed by atoms with van der Waals surface area (Å²) in [6, 6.07) is 12.3. The van der Waals surface area contributed by atoms with Crippen LogP contribution in [0.2, 0.25) is 0 Å². The fourth-order valence-electron chi connectivity index (χ4n) is 3.67. The van der Waals surface area contributed by atoms with Crippen molar-refractivity contribution in [2.24, 2.45) is 0 Å². The van der Waals surface area contributed by atoms with Crippen LogP contribution in [-0.4, -0.2) is 50.6 Å². The van der Waals surface area contributed by atoms with Crippen LogP contribution in [0.5, 0.6) is 0 Å². The van der Waals surface area contributed by atoms with E-state index >= 15 is 0 Å². The lowest BCUT2D eigenvalue weighted by molar-refractivity contribution is 0.0946. The van der Waals surface area contributed by atoms with Gasteiger partial charge in [-0.05, 0) is 42.0 Å². The predicted molar refractivity (Wildman–Crippen MR) is 124 cm³/mol. The van der Waals surface area contributed by atoms with E-state index in [1.807, 2.05) is 52.5 Å². The average Bonchev–Trinajstić information content (AvgIpc) is 3.18. The minimum atomic E-state index is -0.00897. The molecule has 2 aromatic heterocycles. The SMILES string of the molecule is CN(C)c1ccc(C=Cc2cc(-c3cc4c([nH]3)CCNC4=O)ccn2)c(N(C)C)c1. The number of rotatable bonds is 5. The lowest BCUT2D eigenvalue weighted by atomic mass is 10.1. The van der Waals surface area contributed by atoms with Crippen molar-refractivity contribution in [3.8, 4) is 11.3 Å². The van der Waals surface area contributed by atoms with Gasteiger partial charge in [-0.1, -0.05) is 12.1 Å². The first-order valence-electron chi connectivity index (χ1n) is 10.1. The third-order valence-electron chi connectivity index (χ3n) is 5.34. The second kappa shape index (κ2) is 8.06. The number of carbonyl (C=O) groups excluding carboxylic acids is 1. The molecule has 0 saturated carbocycles. The molecular weight excluding hydrogens is 374 g/mol. The molecule has 0 radical (unpaired) electrons. The van der Waals surface area contributed by atoms with E-state index in [1.54, 1.807) is 6.20 Å². The maximum absolute atomic E-state index is 12.0. The maximum Gasteiger partial charge on any atom is 0.253 e. The van der Waals surface area contributed by atoms with Gasteiger partial charge in [-0.15, -0.1) is 0 Å². The number of nitrogens with one attached hydrogen (secondary N) is 2. The predicted octanol–water partition coefficient (Wildman–Crippen LogP) is 3.67. The van der Waals surface area contributed by atoms with Gasteiger partial charge >= 0.3 is 0 Å². The number of nitrogens with zero attached hydrogens (tertiary/aromatic N) is 3. The van der Waals surface area contributed by atoms with Crippen molar-refractivity contribution in [2.75, 3.05) is 44.5 Å². The fourth-order valence-corrected chi connectivity index (χ4v) is 3.67. The molecule has 1 aliphatic heterocycles. The van der Waals surface area contributed by atoms with Gasteiger partial charge in [0.15, 0.2) is 0 Å². The molecule has 6 heteroatoms. The van der Waals surface area contributed by atoms with Gasteiger partial charge in [0.2, 0.25) is 0 Å². The molecule has 1 amide bonds. The number of benzene rings is 1. The third-order valence-corrected chi connectivity index (χ3v) is 5.34. The molecule has 0 saturated heterocycles. The van der Waals surface area contributed by atoms with Gasteiger partial charge in [0, 0.05) is 75.7 Å². The van der Waals surface area contributed by atoms with Crippen LogP contribution < -0.4 is 15.1 Å². The molecule has 3 heterocycles. The van der Waals surface area contributed by atoms with Crippen molar-refractivity contribution in [1.29, 1.82) is 0 Å². The van der Waals surface area contributed by atoms with Gasteiger partial charge in [0.1, 0.15) is 0 Å². The van der Waals surface area contributed by atoms with E-state index in [0.29, 0.717) is 6.54 Å². The second-order valence-electron chi connectivity index (χ2n) is 7.92. The molecule has 6 nitrogen and oxygen atoms in total. The topological polar surface area (TPSA) is 64.3 Å². The summed E-state index contributed by atoms with van der Waals surface area (Å²) < 4.78 is 0. The van der Waals surface area contributed by atoms with E-state index in [-0.39, 0.29) is 5.91 Å². The lowest BCUT2D eigenvalue weighted by Crippen LogP contribution is -2.31. The molecule has 2 N–H and O–H groups in total. The number of hydrogen-bond acceptors (Lipinski definition) is 4. The Balaban J connectivity index is 1.63. The highest BCUT2D eigenvalue weighted by Crippen LogP contribution is 2.28. The summed E-state index contributed by atoms with van der Waals surface area (Å²) in [4.78, 5) is 24.2. The number of carbonyl (C=O) groups is 1. The number of anilines is 2. The summed E-state index contributed by atoms with van der Waals surface area (Å²) in [5.41, 5.74) is 8.00. The van der Waals surface area contributed by atoms with Crippen molar-refractivity contribution >= 4 is 29.4 Å². The van der Waals surface area contributed by atoms with Gasteiger partial charge in [-0.3, -0.25) is 9.78 Å². The van der Waals surface area contributed by atoms with E-state index in [1.165, 1.54) is 0 Å². The number of H-pyrrole nitrogens is 1. The van der Waals surface area contributed by atoms with Crippen LogP contribution in [-0.2, 0) is 6.42 Å². The summed E-state index contributed by atoms with van der Waals surface area (Å²) in [6.45, 7) is 0.678. The normalized spacial score (nSPS) is 13.3. The van der Waals surface area contributed by atoms with Crippen molar-refractivity contribution in [1.82, 2.24) is 15.3 Å². The molecule has 1 aromatic carbocycles. The number of aromatic amines is 1. The number of aromatic nitrogens is 2. The minimum absolute atomic E-state index is 0.00897. The Morgan fingerprint density at radius 2 is 1.83 bits per heavy atom. The van der Waals surface area contributed by atoms with Crippen LogP contribution in [0.4, 0.5) is 11.4 Å². The van der Waals surface area contributed by atoms with Gasteiger partial charge < -0.3 is 20.1 Å². The largest absolute Gasteiger partial charge is 0.378 e. The molecule has 154 valence electrons. The summed E-state index contributed by atoms with van der Waals surface area (Å²) in [5, 5.41) is 2.89. The van der Waals surface area contributed by atoms with E-state index in [9.17, 15) is 4.79 Å². The van der Waals surface area contributed by atoms with Gasteiger partial charge in [0.05, 0.1) is 11.3 Å². The molecule has 3 aromatic rings. The first-order chi connectivity index (χ1) is 14.4. The van der Waals surface area contributed by atoms with Crippen molar-refractivity contribution in [2.45, 2.75) is 6.42 Å². The van der Waals surface area contributed by atoms with Crippen molar-refractivity contribution in [3.05, 3.63) is 65.1 Å². The minimum Gasteiger partial charge on any atom is -0.378 e. The van der Waals surface area contributed by atoms with Crippen LogP contribution in [0.1, 0.15) is 27.3 Å².